The Hall–Kier alpha value is -2.80. The summed E-state index contributed by atoms with van der Waals surface area (Å²) in [6.07, 6.45) is 0.00834. The Morgan fingerprint density at radius 2 is 1.77 bits per heavy atom. The van der Waals surface area contributed by atoms with Crippen LogP contribution in [-0.2, 0) is 16.0 Å². The smallest absolute Gasteiger partial charge is 0.344 e. The first-order valence-corrected chi connectivity index (χ1v) is 9.65. The third kappa shape index (κ3) is 7.22. The van der Waals surface area contributed by atoms with Crippen LogP contribution in [0.25, 0.3) is 0 Å². The summed E-state index contributed by atoms with van der Waals surface area (Å²) in [6, 6.07) is 9.45. The minimum Gasteiger partial charge on any atom is -0.493 e. The number of rotatable bonds is 9. The molecule has 164 valence electrons. The van der Waals surface area contributed by atoms with Gasteiger partial charge >= 0.3 is 5.97 Å². The van der Waals surface area contributed by atoms with Crippen molar-refractivity contribution in [1.82, 2.24) is 0 Å². The number of aliphatic hydroxyl groups is 1. The lowest BCUT2D eigenvalue weighted by molar-refractivity contribution is -0.157. The lowest BCUT2D eigenvalue weighted by Crippen LogP contribution is -2.27. The molecule has 0 bridgehead atoms. The molecule has 6 nitrogen and oxygen atoms in total. The maximum atomic E-state index is 14.0. The van der Waals surface area contributed by atoms with E-state index in [9.17, 15) is 14.3 Å². The largest absolute Gasteiger partial charge is 0.493 e. The van der Waals surface area contributed by atoms with E-state index in [1.165, 1.54) is 12.1 Å². The van der Waals surface area contributed by atoms with Gasteiger partial charge < -0.3 is 24.1 Å². The summed E-state index contributed by atoms with van der Waals surface area (Å²) in [5.41, 5.74) is 0.688. The summed E-state index contributed by atoms with van der Waals surface area (Å²) in [5, 5.41) is 10.5. The number of methoxy groups -OCH3 is 2. The summed E-state index contributed by atoms with van der Waals surface area (Å²) >= 11 is 0. The fourth-order valence-corrected chi connectivity index (χ4v) is 2.88. The molecule has 0 amide bonds. The van der Waals surface area contributed by atoms with Crippen molar-refractivity contribution in [3.63, 3.8) is 0 Å². The minimum atomic E-state index is -0.905. The highest BCUT2D eigenvalue weighted by Gasteiger charge is 2.17. The van der Waals surface area contributed by atoms with Gasteiger partial charge in [0.1, 0.15) is 17.2 Å². The first-order valence-electron chi connectivity index (χ1n) is 9.65. The second kappa shape index (κ2) is 10.3. The molecule has 0 aromatic heterocycles. The molecular formula is C23H29FO6. The first kappa shape index (κ1) is 23.5. The van der Waals surface area contributed by atoms with Crippen molar-refractivity contribution >= 4 is 5.97 Å². The maximum absolute atomic E-state index is 14.0. The van der Waals surface area contributed by atoms with Gasteiger partial charge in [-0.1, -0.05) is 6.07 Å². The fraction of sp³-hybridized carbons (Fsp3) is 0.435. The number of carbonyl (C=O) groups is 1. The van der Waals surface area contributed by atoms with Crippen molar-refractivity contribution in [3.8, 4) is 17.2 Å². The number of ether oxygens (including phenoxy) is 4. The van der Waals surface area contributed by atoms with E-state index in [-0.39, 0.29) is 12.4 Å². The summed E-state index contributed by atoms with van der Waals surface area (Å²) in [7, 11) is 3.12. The van der Waals surface area contributed by atoms with Gasteiger partial charge in [0.2, 0.25) is 0 Å². The number of hydrogen-bond acceptors (Lipinski definition) is 6. The summed E-state index contributed by atoms with van der Waals surface area (Å²) in [5.74, 6) is 0.270. The minimum absolute atomic E-state index is 0.154. The van der Waals surface area contributed by atoms with E-state index >= 15 is 0 Å². The Morgan fingerprint density at radius 3 is 2.40 bits per heavy atom. The molecule has 0 aliphatic rings. The molecule has 2 aromatic carbocycles. The monoisotopic (exact) mass is 420 g/mol. The second-order valence-electron chi connectivity index (χ2n) is 7.84. The summed E-state index contributed by atoms with van der Waals surface area (Å²) in [6.45, 7) is 4.90. The molecular weight excluding hydrogens is 391 g/mol. The number of halogens is 1. The van der Waals surface area contributed by atoms with E-state index in [1.807, 2.05) is 12.1 Å². The molecule has 0 saturated heterocycles. The molecule has 2 aromatic rings. The Kier molecular flexibility index (Phi) is 8.06. The van der Waals surface area contributed by atoms with Gasteiger partial charge in [0.25, 0.3) is 0 Å². The van der Waals surface area contributed by atoms with Crippen LogP contribution in [-0.4, -0.2) is 37.5 Å². The Bertz CT molecular complexity index is 859. The van der Waals surface area contributed by atoms with Gasteiger partial charge in [0, 0.05) is 6.07 Å². The highest BCUT2D eigenvalue weighted by Crippen LogP contribution is 2.30. The number of esters is 1. The molecule has 0 heterocycles. The standard InChI is InChI=1S/C23H29FO6/c1-23(2,3)30-22(26)14-29-18-12-16(11-17(24)13-18)19(25)8-6-15-7-9-20(27-4)21(10-15)28-5/h7,9-13,19,25H,6,8,14H2,1-5H3/t19-/m1/s1. The van der Waals surface area contributed by atoms with E-state index in [0.717, 1.165) is 11.6 Å². The number of benzene rings is 2. The maximum Gasteiger partial charge on any atom is 0.344 e. The van der Waals surface area contributed by atoms with Crippen molar-refractivity contribution in [2.45, 2.75) is 45.3 Å². The molecule has 0 aliphatic heterocycles. The van der Waals surface area contributed by atoms with Gasteiger partial charge in [-0.25, -0.2) is 9.18 Å². The van der Waals surface area contributed by atoms with Crippen LogP contribution in [0.4, 0.5) is 4.39 Å². The molecule has 1 N–H and O–H groups in total. The lowest BCUT2D eigenvalue weighted by Gasteiger charge is -2.19. The van der Waals surface area contributed by atoms with Gasteiger partial charge in [-0.2, -0.15) is 0 Å². The van der Waals surface area contributed by atoms with Gasteiger partial charge in [0.05, 0.1) is 20.3 Å². The van der Waals surface area contributed by atoms with E-state index in [4.69, 9.17) is 18.9 Å². The van der Waals surface area contributed by atoms with Crippen LogP contribution in [0.3, 0.4) is 0 Å². The molecule has 0 spiro atoms. The first-order chi connectivity index (χ1) is 14.1. The van der Waals surface area contributed by atoms with Crippen LogP contribution >= 0.6 is 0 Å². The highest BCUT2D eigenvalue weighted by molar-refractivity contribution is 5.71. The molecule has 7 heteroatoms. The SMILES string of the molecule is COc1ccc(CC[C@@H](O)c2cc(F)cc(OCC(=O)OC(C)(C)C)c2)cc1OC. The van der Waals surface area contributed by atoms with Gasteiger partial charge in [0.15, 0.2) is 18.1 Å². The average Bonchev–Trinajstić information content (AvgIpc) is 2.68. The van der Waals surface area contributed by atoms with Crippen LogP contribution in [0, 0.1) is 5.82 Å². The molecule has 0 aliphatic carbocycles. The number of hydrogen-bond donors (Lipinski definition) is 1. The van der Waals surface area contributed by atoms with Crippen LogP contribution < -0.4 is 14.2 Å². The van der Waals surface area contributed by atoms with Crippen molar-refractivity contribution in [2.75, 3.05) is 20.8 Å². The van der Waals surface area contributed by atoms with Gasteiger partial charge in [-0.05, 0) is 69.0 Å². The van der Waals surface area contributed by atoms with Gasteiger partial charge in [-0.3, -0.25) is 0 Å². The Morgan fingerprint density at radius 1 is 1.07 bits per heavy atom. The molecule has 2 rings (SSSR count). The Balaban J connectivity index is 2.00. The third-order valence-electron chi connectivity index (χ3n) is 4.21. The van der Waals surface area contributed by atoms with E-state index < -0.39 is 23.5 Å². The molecule has 0 radical (unpaired) electrons. The number of carbonyl (C=O) groups excluding carboxylic acids is 1. The zero-order valence-corrected chi connectivity index (χ0v) is 18.0. The average molecular weight is 420 g/mol. The van der Waals surface area contributed by atoms with Crippen LogP contribution in [0.2, 0.25) is 0 Å². The van der Waals surface area contributed by atoms with E-state index in [1.54, 1.807) is 41.1 Å². The summed E-state index contributed by atoms with van der Waals surface area (Å²) < 4.78 is 35.0. The predicted molar refractivity (Wildman–Crippen MR) is 111 cm³/mol. The zero-order valence-electron chi connectivity index (χ0n) is 18.0. The number of aliphatic hydroxyl groups excluding tert-OH is 1. The predicted octanol–water partition coefficient (Wildman–Crippen LogP) is 4.23. The molecule has 0 saturated carbocycles. The topological polar surface area (TPSA) is 74.2 Å². The van der Waals surface area contributed by atoms with Crippen molar-refractivity contribution < 1.29 is 33.2 Å². The lowest BCUT2D eigenvalue weighted by atomic mass is 10.0. The van der Waals surface area contributed by atoms with Crippen LogP contribution in [0.1, 0.15) is 44.4 Å². The van der Waals surface area contributed by atoms with E-state index in [0.29, 0.717) is 29.9 Å². The fourth-order valence-electron chi connectivity index (χ4n) is 2.88. The molecule has 30 heavy (non-hydrogen) atoms. The quantitative estimate of drug-likeness (QED) is 0.612. The normalized spacial score (nSPS) is 12.2. The van der Waals surface area contributed by atoms with Crippen LogP contribution in [0.15, 0.2) is 36.4 Å². The third-order valence-corrected chi connectivity index (χ3v) is 4.21. The van der Waals surface area contributed by atoms with E-state index in [2.05, 4.69) is 0 Å². The number of aryl methyl sites for hydroxylation is 1. The summed E-state index contributed by atoms with van der Waals surface area (Å²) in [4.78, 5) is 11.8. The van der Waals surface area contributed by atoms with Crippen molar-refractivity contribution in [1.29, 1.82) is 0 Å². The van der Waals surface area contributed by atoms with Crippen molar-refractivity contribution in [2.24, 2.45) is 0 Å². The van der Waals surface area contributed by atoms with Crippen molar-refractivity contribution in [3.05, 3.63) is 53.3 Å². The second-order valence-corrected chi connectivity index (χ2v) is 7.84. The Labute approximate surface area is 176 Å². The molecule has 0 fully saturated rings. The van der Waals surface area contributed by atoms with Gasteiger partial charge in [-0.15, -0.1) is 0 Å². The van der Waals surface area contributed by atoms with Crippen LogP contribution in [0.5, 0.6) is 17.2 Å². The molecule has 1 atom stereocenters. The zero-order chi connectivity index (χ0) is 22.3. The molecule has 0 unspecified atom stereocenters. The highest BCUT2D eigenvalue weighted by atomic mass is 19.1.